The van der Waals surface area contributed by atoms with Crippen molar-refractivity contribution in [2.45, 2.75) is 13.3 Å². The van der Waals surface area contributed by atoms with Crippen LogP contribution >= 0.6 is 11.3 Å². The second-order valence-corrected chi connectivity index (χ2v) is 6.53. The third kappa shape index (κ3) is 2.89. The molecule has 1 aromatic carbocycles. The van der Waals surface area contributed by atoms with Crippen molar-refractivity contribution < 1.29 is 14.3 Å². The maximum absolute atomic E-state index is 13.0. The van der Waals surface area contributed by atoms with Crippen LogP contribution in [0.25, 0.3) is 10.6 Å². The fourth-order valence-electron chi connectivity index (χ4n) is 2.62. The zero-order valence-electron chi connectivity index (χ0n) is 12.3. The molecule has 1 aliphatic rings. The van der Waals surface area contributed by atoms with Gasteiger partial charge in [0.05, 0.1) is 5.69 Å². The number of thiazole rings is 1. The molecule has 1 unspecified atom stereocenters. The van der Waals surface area contributed by atoms with E-state index in [-0.39, 0.29) is 24.2 Å². The summed E-state index contributed by atoms with van der Waals surface area (Å²) in [5.74, 6) is -0.145. The molecule has 1 aromatic heterocycles. The third-order valence-corrected chi connectivity index (χ3v) is 5.11. The molecule has 1 amide bonds. The first-order valence-corrected chi connectivity index (χ1v) is 8.03. The predicted octanol–water partition coefficient (Wildman–Crippen LogP) is 2.71. The van der Waals surface area contributed by atoms with Gasteiger partial charge in [0.1, 0.15) is 15.7 Å². The maximum atomic E-state index is 13.0. The summed E-state index contributed by atoms with van der Waals surface area (Å²) in [7, 11) is 0. The minimum absolute atomic E-state index is 0.0284. The van der Waals surface area contributed by atoms with Gasteiger partial charge in [-0.2, -0.15) is 0 Å². The highest BCUT2D eigenvalue weighted by Crippen LogP contribution is 2.30. The number of amides is 1. The standard InChI is InChI=1S/C16H17FN2O2S/c1-10-14(16(21)19-7-6-11(8-19)9-20)22-15(18-10)12-2-4-13(17)5-3-12/h2-5,11,20H,6-9H2,1H3. The molecule has 1 aliphatic heterocycles. The highest BCUT2D eigenvalue weighted by molar-refractivity contribution is 7.17. The largest absolute Gasteiger partial charge is 0.396 e. The van der Waals surface area contributed by atoms with Crippen molar-refractivity contribution in [1.82, 2.24) is 9.88 Å². The number of hydrogen-bond donors (Lipinski definition) is 1. The number of hydrogen-bond acceptors (Lipinski definition) is 4. The van der Waals surface area contributed by atoms with Crippen LogP contribution in [0.3, 0.4) is 0 Å². The number of nitrogens with zero attached hydrogens (tertiary/aromatic N) is 2. The van der Waals surface area contributed by atoms with Crippen molar-refractivity contribution in [2.75, 3.05) is 19.7 Å². The van der Waals surface area contributed by atoms with E-state index in [1.807, 2.05) is 6.92 Å². The summed E-state index contributed by atoms with van der Waals surface area (Å²) in [6.07, 6.45) is 0.838. The molecule has 1 N–H and O–H groups in total. The van der Waals surface area contributed by atoms with Crippen LogP contribution in [0.2, 0.25) is 0 Å². The zero-order valence-corrected chi connectivity index (χ0v) is 13.1. The molecule has 0 spiro atoms. The van der Waals surface area contributed by atoms with Gasteiger partial charge in [0.2, 0.25) is 0 Å². The van der Waals surface area contributed by atoms with Crippen molar-refractivity contribution >= 4 is 17.2 Å². The quantitative estimate of drug-likeness (QED) is 0.946. The first kappa shape index (κ1) is 15.1. The number of aryl methyl sites for hydroxylation is 1. The second-order valence-electron chi connectivity index (χ2n) is 5.53. The lowest BCUT2D eigenvalue weighted by atomic mass is 10.1. The third-order valence-electron chi connectivity index (χ3n) is 3.91. The molecule has 0 radical (unpaired) electrons. The summed E-state index contributed by atoms with van der Waals surface area (Å²) in [5.41, 5.74) is 1.50. The average molecular weight is 320 g/mol. The summed E-state index contributed by atoms with van der Waals surface area (Å²) >= 11 is 1.33. The fraction of sp³-hybridized carbons (Fsp3) is 0.375. The highest BCUT2D eigenvalue weighted by atomic mass is 32.1. The number of benzene rings is 1. The van der Waals surface area contributed by atoms with Crippen molar-refractivity contribution in [3.63, 3.8) is 0 Å². The summed E-state index contributed by atoms with van der Waals surface area (Å²) in [6, 6.07) is 6.11. The monoisotopic (exact) mass is 320 g/mol. The van der Waals surface area contributed by atoms with Gasteiger partial charge in [0.25, 0.3) is 5.91 Å². The van der Waals surface area contributed by atoms with Gasteiger partial charge in [-0.25, -0.2) is 9.37 Å². The Hall–Kier alpha value is -1.79. The Kier molecular flexibility index (Phi) is 4.22. The molecule has 22 heavy (non-hydrogen) atoms. The van der Waals surface area contributed by atoms with Crippen molar-refractivity contribution in [2.24, 2.45) is 5.92 Å². The van der Waals surface area contributed by atoms with E-state index >= 15 is 0 Å². The molecule has 0 bridgehead atoms. The Morgan fingerprint density at radius 3 is 2.82 bits per heavy atom. The minimum atomic E-state index is -0.291. The minimum Gasteiger partial charge on any atom is -0.396 e. The Bertz CT molecular complexity index is 684. The molecule has 3 rings (SSSR count). The van der Waals surface area contributed by atoms with Crippen LogP contribution in [-0.4, -0.2) is 40.6 Å². The maximum Gasteiger partial charge on any atom is 0.265 e. The number of carbonyl (C=O) groups excluding carboxylic acids is 1. The Labute approximate surface area is 132 Å². The zero-order chi connectivity index (χ0) is 15.7. The Morgan fingerprint density at radius 1 is 1.45 bits per heavy atom. The Balaban J connectivity index is 1.83. The molecule has 1 fully saturated rings. The van der Waals surface area contributed by atoms with E-state index in [2.05, 4.69) is 4.98 Å². The lowest BCUT2D eigenvalue weighted by Crippen LogP contribution is -2.29. The van der Waals surface area contributed by atoms with Gasteiger partial charge in [-0.05, 0) is 37.6 Å². The number of carbonyl (C=O) groups is 1. The second kappa shape index (κ2) is 6.14. The van der Waals surface area contributed by atoms with Crippen LogP contribution in [0.5, 0.6) is 0 Å². The highest BCUT2D eigenvalue weighted by Gasteiger charge is 2.28. The molecule has 0 aliphatic carbocycles. The van der Waals surface area contributed by atoms with E-state index in [1.54, 1.807) is 17.0 Å². The van der Waals surface area contributed by atoms with Gasteiger partial charge in [-0.3, -0.25) is 4.79 Å². The van der Waals surface area contributed by atoms with Crippen LogP contribution in [-0.2, 0) is 0 Å². The molecule has 1 saturated heterocycles. The summed E-state index contributed by atoms with van der Waals surface area (Å²) in [6.45, 7) is 3.20. The van der Waals surface area contributed by atoms with Gasteiger partial charge in [0, 0.05) is 31.2 Å². The number of rotatable bonds is 3. The smallest absolute Gasteiger partial charge is 0.265 e. The number of aliphatic hydroxyl groups is 1. The van der Waals surface area contributed by atoms with Crippen LogP contribution in [0.4, 0.5) is 4.39 Å². The van der Waals surface area contributed by atoms with E-state index < -0.39 is 0 Å². The average Bonchev–Trinajstić information content (AvgIpc) is 3.14. The fourth-order valence-corrected chi connectivity index (χ4v) is 3.66. The number of aromatic nitrogens is 1. The summed E-state index contributed by atoms with van der Waals surface area (Å²) in [5, 5.41) is 9.91. The first-order valence-electron chi connectivity index (χ1n) is 7.22. The molecular weight excluding hydrogens is 303 g/mol. The number of likely N-dealkylation sites (tertiary alicyclic amines) is 1. The van der Waals surface area contributed by atoms with Crippen LogP contribution in [0.15, 0.2) is 24.3 Å². The van der Waals surface area contributed by atoms with Gasteiger partial charge < -0.3 is 10.0 Å². The van der Waals surface area contributed by atoms with Gasteiger partial charge in [0.15, 0.2) is 0 Å². The number of halogens is 1. The first-order chi connectivity index (χ1) is 10.6. The van der Waals surface area contributed by atoms with E-state index in [4.69, 9.17) is 0 Å². The molecule has 2 heterocycles. The van der Waals surface area contributed by atoms with E-state index in [9.17, 15) is 14.3 Å². The van der Waals surface area contributed by atoms with E-state index in [0.29, 0.717) is 23.7 Å². The van der Waals surface area contributed by atoms with Gasteiger partial charge in [-0.1, -0.05) is 0 Å². The predicted molar refractivity (Wildman–Crippen MR) is 83.3 cm³/mol. The van der Waals surface area contributed by atoms with Crippen LogP contribution < -0.4 is 0 Å². The molecule has 116 valence electrons. The molecule has 0 saturated carbocycles. The van der Waals surface area contributed by atoms with Crippen molar-refractivity contribution in [3.8, 4) is 10.6 Å². The molecule has 2 aromatic rings. The lowest BCUT2D eigenvalue weighted by molar-refractivity contribution is 0.0785. The number of aliphatic hydroxyl groups excluding tert-OH is 1. The molecule has 1 atom stereocenters. The van der Waals surface area contributed by atoms with Crippen molar-refractivity contribution in [1.29, 1.82) is 0 Å². The normalized spacial score (nSPS) is 18.0. The topological polar surface area (TPSA) is 53.4 Å². The van der Waals surface area contributed by atoms with Gasteiger partial charge >= 0.3 is 0 Å². The van der Waals surface area contributed by atoms with E-state index in [1.165, 1.54) is 23.5 Å². The molecule has 6 heteroatoms. The summed E-state index contributed by atoms with van der Waals surface area (Å²) in [4.78, 5) is 19.4. The van der Waals surface area contributed by atoms with E-state index in [0.717, 1.165) is 17.0 Å². The van der Waals surface area contributed by atoms with Crippen LogP contribution in [0.1, 0.15) is 21.8 Å². The lowest BCUT2D eigenvalue weighted by Gasteiger charge is -2.15. The molecular formula is C16H17FN2O2S. The Morgan fingerprint density at radius 2 is 2.18 bits per heavy atom. The van der Waals surface area contributed by atoms with Crippen LogP contribution in [0, 0.1) is 18.7 Å². The molecule has 4 nitrogen and oxygen atoms in total. The van der Waals surface area contributed by atoms with Gasteiger partial charge in [-0.15, -0.1) is 11.3 Å². The van der Waals surface area contributed by atoms with Crippen molar-refractivity contribution in [3.05, 3.63) is 40.7 Å². The summed E-state index contributed by atoms with van der Waals surface area (Å²) < 4.78 is 13.0. The SMILES string of the molecule is Cc1nc(-c2ccc(F)cc2)sc1C(=O)N1CCC(CO)C1.